The molecule has 1 aromatic heterocycles. The van der Waals surface area contributed by atoms with Gasteiger partial charge in [0.2, 0.25) is 5.82 Å². The standard InChI is InChI=1S/C16H15ClF3N3O/c1-7-8(2)22-15(16(18,19)20)23-13(7)9-3-10-4-11(6-21)24-14(10)12(17)5-9/h3,5,11H,4,6,21H2,1-2H3. The predicted octanol–water partition coefficient (Wildman–Crippen LogP) is 3.69. The van der Waals surface area contributed by atoms with Crippen molar-refractivity contribution in [1.82, 2.24) is 9.97 Å². The number of benzene rings is 1. The molecule has 3 rings (SSSR count). The summed E-state index contributed by atoms with van der Waals surface area (Å²) in [6.07, 6.45) is -4.22. The highest BCUT2D eigenvalue weighted by atomic mass is 35.5. The van der Waals surface area contributed by atoms with E-state index in [1.807, 2.05) is 0 Å². The normalized spacial score (nSPS) is 16.9. The number of rotatable bonds is 2. The van der Waals surface area contributed by atoms with Gasteiger partial charge in [-0.2, -0.15) is 13.2 Å². The largest absolute Gasteiger partial charge is 0.487 e. The Bertz CT molecular complexity index is 808. The molecule has 0 fully saturated rings. The van der Waals surface area contributed by atoms with Gasteiger partial charge < -0.3 is 10.5 Å². The maximum atomic E-state index is 13.0. The van der Waals surface area contributed by atoms with E-state index < -0.39 is 12.0 Å². The lowest BCUT2D eigenvalue weighted by atomic mass is 10.0. The summed E-state index contributed by atoms with van der Waals surface area (Å²) in [7, 11) is 0. The van der Waals surface area contributed by atoms with E-state index in [0.29, 0.717) is 34.9 Å². The van der Waals surface area contributed by atoms with E-state index in [-0.39, 0.29) is 17.5 Å². The summed E-state index contributed by atoms with van der Waals surface area (Å²) in [6, 6.07) is 3.32. The molecule has 2 heterocycles. The van der Waals surface area contributed by atoms with E-state index in [1.54, 1.807) is 19.1 Å². The Kier molecular flexibility index (Phi) is 4.17. The molecule has 4 nitrogen and oxygen atoms in total. The molecule has 1 aliphatic rings. The van der Waals surface area contributed by atoms with Gasteiger partial charge in [-0.25, -0.2) is 9.97 Å². The molecular formula is C16H15ClF3N3O. The number of hydrogen-bond donors (Lipinski definition) is 1. The molecule has 2 N–H and O–H groups in total. The van der Waals surface area contributed by atoms with Gasteiger partial charge in [-0.05, 0) is 31.5 Å². The average molecular weight is 358 g/mol. The van der Waals surface area contributed by atoms with E-state index >= 15 is 0 Å². The zero-order chi connectivity index (χ0) is 17.6. The van der Waals surface area contributed by atoms with Crippen LogP contribution >= 0.6 is 11.6 Å². The van der Waals surface area contributed by atoms with Crippen molar-refractivity contribution in [2.45, 2.75) is 32.5 Å². The van der Waals surface area contributed by atoms with Gasteiger partial charge in [-0.1, -0.05) is 11.6 Å². The van der Waals surface area contributed by atoms with Gasteiger partial charge in [0.05, 0.1) is 10.7 Å². The molecule has 24 heavy (non-hydrogen) atoms. The third kappa shape index (κ3) is 2.93. The number of alkyl halides is 3. The summed E-state index contributed by atoms with van der Waals surface area (Å²) in [6.45, 7) is 3.55. The maximum absolute atomic E-state index is 13.0. The van der Waals surface area contributed by atoms with Crippen LogP contribution in [-0.2, 0) is 12.6 Å². The summed E-state index contributed by atoms with van der Waals surface area (Å²) in [5.74, 6) is -0.622. The second-order valence-corrected chi connectivity index (χ2v) is 6.14. The number of nitrogens with two attached hydrogens (primary N) is 1. The van der Waals surface area contributed by atoms with Crippen molar-refractivity contribution in [3.05, 3.63) is 39.8 Å². The lowest BCUT2D eigenvalue weighted by Gasteiger charge is -2.13. The summed E-state index contributed by atoms with van der Waals surface area (Å²) in [5.41, 5.74) is 8.01. The first-order valence-corrected chi connectivity index (χ1v) is 7.70. The molecule has 0 saturated carbocycles. The Morgan fingerprint density at radius 1 is 1.29 bits per heavy atom. The molecule has 0 amide bonds. The first-order valence-electron chi connectivity index (χ1n) is 7.32. The Morgan fingerprint density at radius 2 is 2.00 bits per heavy atom. The molecule has 1 unspecified atom stereocenters. The smallest absolute Gasteiger partial charge is 0.451 e. The van der Waals surface area contributed by atoms with Gasteiger partial charge in [0.25, 0.3) is 0 Å². The highest BCUT2D eigenvalue weighted by molar-refractivity contribution is 6.32. The van der Waals surface area contributed by atoms with Gasteiger partial charge in [-0.3, -0.25) is 0 Å². The summed E-state index contributed by atoms with van der Waals surface area (Å²) in [5, 5.41) is 0.336. The van der Waals surface area contributed by atoms with E-state index in [0.717, 1.165) is 5.56 Å². The van der Waals surface area contributed by atoms with Gasteiger partial charge in [-0.15, -0.1) is 0 Å². The minimum absolute atomic E-state index is 0.174. The van der Waals surface area contributed by atoms with Crippen LogP contribution in [0.3, 0.4) is 0 Å². The first kappa shape index (κ1) is 17.0. The predicted molar refractivity (Wildman–Crippen MR) is 84.1 cm³/mol. The molecular weight excluding hydrogens is 343 g/mol. The number of aromatic nitrogens is 2. The van der Waals surface area contributed by atoms with Crippen LogP contribution in [0.15, 0.2) is 12.1 Å². The number of hydrogen-bond acceptors (Lipinski definition) is 4. The zero-order valence-electron chi connectivity index (χ0n) is 13.0. The Morgan fingerprint density at radius 3 is 2.62 bits per heavy atom. The molecule has 0 saturated heterocycles. The second-order valence-electron chi connectivity index (χ2n) is 5.73. The number of ether oxygens (including phenoxy) is 1. The molecule has 0 spiro atoms. The van der Waals surface area contributed by atoms with Crippen molar-refractivity contribution in [2.24, 2.45) is 5.73 Å². The Labute approximate surface area is 141 Å². The molecule has 8 heteroatoms. The number of fused-ring (bicyclic) bond motifs is 1. The van der Waals surface area contributed by atoms with Crippen LogP contribution in [0.2, 0.25) is 5.02 Å². The van der Waals surface area contributed by atoms with Crippen molar-refractivity contribution in [3.8, 4) is 17.0 Å². The van der Waals surface area contributed by atoms with Crippen LogP contribution in [0, 0.1) is 13.8 Å². The molecule has 0 aliphatic carbocycles. The van der Waals surface area contributed by atoms with Crippen LogP contribution in [0.25, 0.3) is 11.3 Å². The van der Waals surface area contributed by atoms with Crippen molar-refractivity contribution in [1.29, 1.82) is 0 Å². The molecule has 0 radical (unpaired) electrons. The third-order valence-electron chi connectivity index (χ3n) is 4.03. The quantitative estimate of drug-likeness (QED) is 0.890. The van der Waals surface area contributed by atoms with Crippen molar-refractivity contribution in [3.63, 3.8) is 0 Å². The summed E-state index contributed by atoms with van der Waals surface area (Å²) >= 11 is 6.24. The molecule has 2 aromatic rings. The van der Waals surface area contributed by atoms with Crippen LogP contribution in [0.1, 0.15) is 22.6 Å². The molecule has 1 aromatic carbocycles. The van der Waals surface area contributed by atoms with E-state index in [9.17, 15) is 13.2 Å². The average Bonchev–Trinajstić information content (AvgIpc) is 2.92. The van der Waals surface area contributed by atoms with Crippen molar-refractivity contribution < 1.29 is 17.9 Å². The van der Waals surface area contributed by atoms with Crippen LogP contribution < -0.4 is 10.5 Å². The van der Waals surface area contributed by atoms with E-state index in [1.165, 1.54) is 6.92 Å². The summed E-state index contributed by atoms with van der Waals surface area (Å²) < 4.78 is 44.7. The van der Waals surface area contributed by atoms with Crippen molar-refractivity contribution in [2.75, 3.05) is 6.54 Å². The fourth-order valence-electron chi connectivity index (χ4n) is 2.69. The van der Waals surface area contributed by atoms with Gasteiger partial charge in [0, 0.05) is 29.8 Å². The van der Waals surface area contributed by atoms with Crippen LogP contribution in [0.4, 0.5) is 13.2 Å². The molecule has 1 atom stereocenters. The topological polar surface area (TPSA) is 61.0 Å². The van der Waals surface area contributed by atoms with E-state index in [2.05, 4.69) is 9.97 Å². The minimum atomic E-state index is -4.61. The lowest BCUT2D eigenvalue weighted by Crippen LogP contribution is -2.24. The third-order valence-corrected chi connectivity index (χ3v) is 4.31. The monoisotopic (exact) mass is 357 g/mol. The van der Waals surface area contributed by atoms with Gasteiger partial charge >= 0.3 is 6.18 Å². The molecule has 128 valence electrons. The summed E-state index contributed by atoms with van der Waals surface area (Å²) in [4.78, 5) is 7.26. The number of halogens is 4. The van der Waals surface area contributed by atoms with Crippen LogP contribution in [0.5, 0.6) is 5.75 Å². The zero-order valence-corrected chi connectivity index (χ0v) is 13.8. The lowest BCUT2D eigenvalue weighted by molar-refractivity contribution is -0.145. The van der Waals surface area contributed by atoms with E-state index in [4.69, 9.17) is 22.1 Å². The maximum Gasteiger partial charge on any atom is 0.451 e. The number of nitrogens with zero attached hydrogens (tertiary/aromatic N) is 2. The first-order chi connectivity index (χ1) is 11.2. The molecule has 0 bridgehead atoms. The number of aryl methyl sites for hydroxylation is 1. The fourth-order valence-corrected chi connectivity index (χ4v) is 2.98. The second kappa shape index (κ2) is 5.89. The highest BCUT2D eigenvalue weighted by Crippen LogP contribution is 2.40. The van der Waals surface area contributed by atoms with Crippen LogP contribution in [-0.4, -0.2) is 22.6 Å². The SMILES string of the molecule is Cc1nc(C(F)(F)F)nc(-c2cc(Cl)c3c(c2)CC(CN)O3)c1C. The highest BCUT2D eigenvalue weighted by Gasteiger charge is 2.36. The van der Waals surface area contributed by atoms with Gasteiger partial charge in [0.15, 0.2) is 0 Å². The van der Waals surface area contributed by atoms with Gasteiger partial charge in [0.1, 0.15) is 11.9 Å². The Hall–Kier alpha value is -1.86. The Balaban J connectivity index is 2.14. The van der Waals surface area contributed by atoms with Crippen molar-refractivity contribution >= 4 is 11.6 Å². The fraction of sp³-hybridized carbons (Fsp3) is 0.375. The minimum Gasteiger partial charge on any atom is -0.487 e. The molecule has 1 aliphatic heterocycles.